The maximum atomic E-state index is 3.86. The lowest BCUT2D eigenvalue weighted by molar-refractivity contribution is 0.203. The lowest BCUT2D eigenvalue weighted by Gasteiger charge is -2.39. The van der Waals surface area contributed by atoms with Crippen LogP contribution in [0.3, 0.4) is 0 Å². The first-order valence-corrected chi connectivity index (χ1v) is 20.8. The SMILES string of the molecule is c1ccc(C2NC(c3ccccc3)NC(c3ccc(-n4c5cc6c(cc5c5c7ccccc7ccc54)-c4ccccc4-c4ccccc4N6c4ccccc4)cc3)N2)cc1. The Morgan fingerprint density at radius 1 is 0.333 bits per heavy atom. The number of benzene rings is 9. The van der Waals surface area contributed by atoms with E-state index in [1.54, 1.807) is 0 Å². The van der Waals surface area contributed by atoms with Crippen LogP contribution in [0.15, 0.2) is 212 Å². The third-order valence-corrected chi connectivity index (χ3v) is 12.4. The fourth-order valence-corrected chi connectivity index (χ4v) is 9.66. The first kappa shape index (κ1) is 34.7. The third-order valence-electron chi connectivity index (χ3n) is 12.4. The van der Waals surface area contributed by atoms with Crippen LogP contribution in [0.4, 0.5) is 17.1 Å². The largest absolute Gasteiger partial charge is 0.309 e. The molecule has 1 aromatic heterocycles. The molecular weight excluding hydrogens is 731 g/mol. The van der Waals surface area contributed by atoms with E-state index in [2.05, 4.69) is 238 Å². The third kappa shape index (κ3) is 5.67. The van der Waals surface area contributed by atoms with E-state index < -0.39 is 0 Å². The molecule has 0 amide bonds. The topological polar surface area (TPSA) is 44.3 Å². The second-order valence-electron chi connectivity index (χ2n) is 15.8. The molecule has 2 unspecified atom stereocenters. The summed E-state index contributed by atoms with van der Waals surface area (Å²) in [5.74, 6) is 0. The maximum Gasteiger partial charge on any atom is 0.0864 e. The number of nitrogens with zero attached hydrogens (tertiary/aromatic N) is 2. The molecule has 5 nitrogen and oxygen atoms in total. The van der Waals surface area contributed by atoms with Gasteiger partial charge in [0.2, 0.25) is 0 Å². The van der Waals surface area contributed by atoms with Crippen molar-refractivity contribution in [3.8, 4) is 27.9 Å². The Morgan fingerprint density at radius 3 is 1.53 bits per heavy atom. The van der Waals surface area contributed by atoms with Crippen LogP contribution in [0.25, 0.3) is 60.5 Å². The molecule has 0 aliphatic carbocycles. The van der Waals surface area contributed by atoms with Crippen molar-refractivity contribution >= 4 is 49.6 Å². The lowest BCUT2D eigenvalue weighted by atomic mass is 9.93. The highest BCUT2D eigenvalue weighted by molar-refractivity contribution is 6.23. The molecule has 5 heteroatoms. The van der Waals surface area contributed by atoms with Gasteiger partial charge in [-0.3, -0.25) is 16.0 Å². The average molecular weight is 772 g/mol. The molecule has 3 N–H and O–H groups in total. The number of anilines is 3. The number of hydrogen-bond donors (Lipinski definition) is 3. The highest BCUT2D eigenvalue weighted by Crippen LogP contribution is 2.53. The maximum absolute atomic E-state index is 3.86. The van der Waals surface area contributed by atoms with Gasteiger partial charge in [-0.05, 0) is 87.1 Å². The number of nitrogens with one attached hydrogen (secondary N) is 3. The minimum atomic E-state index is -0.0897. The van der Waals surface area contributed by atoms with Gasteiger partial charge >= 0.3 is 0 Å². The van der Waals surface area contributed by atoms with E-state index in [1.807, 2.05) is 0 Å². The molecule has 3 heterocycles. The Bertz CT molecular complexity index is 3150. The molecule has 12 rings (SSSR count). The van der Waals surface area contributed by atoms with Crippen molar-refractivity contribution in [2.45, 2.75) is 18.5 Å². The van der Waals surface area contributed by atoms with Gasteiger partial charge in [-0.2, -0.15) is 0 Å². The predicted octanol–water partition coefficient (Wildman–Crippen LogP) is 13.2. The van der Waals surface area contributed by atoms with E-state index >= 15 is 0 Å². The van der Waals surface area contributed by atoms with Crippen molar-refractivity contribution in [2.24, 2.45) is 0 Å². The monoisotopic (exact) mass is 771 g/mol. The smallest absolute Gasteiger partial charge is 0.0864 e. The Hall–Kier alpha value is -7.28. The Labute approximate surface area is 349 Å². The van der Waals surface area contributed by atoms with Gasteiger partial charge in [0.25, 0.3) is 0 Å². The van der Waals surface area contributed by atoms with Crippen molar-refractivity contribution in [3.05, 3.63) is 229 Å². The Kier molecular flexibility index (Phi) is 8.23. The van der Waals surface area contributed by atoms with E-state index in [9.17, 15) is 0 Å². The second kappa shape index (κ2) is 14.2. The summed E-state index contributed by atoms with van der Waals surface area (Å²) in [7, 11) is 0. The quantitative estimate of drug-likeness (QED) is 0.163. The van der Waals surface area contributed by atoms with Gasteiger partial charge in [0.15, 0.2) is 0 Å². The van der Waals surface area contributed by atoms with Gasteiger partial charge < -0.3 is 9.47 Å². The number of aromatic nitrogens is 1. The minimum Gasteiger partial charge on any atom is -0.309 e. The summed E-state index contributed by atoms with van der Waals surface area (Å²) >= 11 is 0. The van der Waals surface area contributed by atoms with Crippen LogP contribution < -0.4 is 20.9 Å². The Balaban J connectivity index is 1.06. The number of fused-ring (bicyclic) bond motifs is 10. The number of rotatable bonds is 5. The van der Waals surface area contributed by atoms with Crippen molar-refractivity contribution in [1.82, 2.24) is 20.5 Å². The fourth-order valence-electron chi connectivity index (χ4n) is 9.66. The van der Waals surface area contributed by atoms with E-state index in [0.29, 0.717) is 0 Å². The molecule has 60 heavy (non-hydrogen) atoms. The highest BCUT2D eigenvalue weighted by atomic mass is 15.4. The summed E-state index contributed by atoms with van der Waals surface area (Å²) in [6.45, 7) is 0. The van der Waals surface area contributed by atoms with Crippen LogP contribution in [0.2, 0.25) is 0 Å². The highest BCUT2D eigenvalue weighted by Gasteiger charge is 2.31. The minimum absolute atomic E-state index is 0.0361. The molecule has 2 aliphatic rings. The van der Waals surface area contributed by atoms with E-state index in [4.69, 9.17) is 0 Å². The van der Waals surface area contributed by atoms with Crippen molar-refractivity contribution in [3.63, 3.8) is 0 Å². The Morgan fingerprint density at radius 2 is 0.867 bits per heavy atom. The number of para-hydroxylation sites is 2. The van der Waals surface area contributed by atoms with Gasteiger partial charge in [-0.25, -0.2) is 0 Å². The summed E-state index contributed by atoms with van der Waals surface area (Å²) in [6.07, 6.45) is -0.162. The van der Waals surface area contributed by atoms with Crippen LogP contribution in [0.1, 0.15) is 35.2 Å². The molecule has 0 spiro atoms. The molecule has 10 aromatic rings. The standard InChI is InChI=1S/C55H41N5/c1-4-17-37(18-5-1)53-56-54(38-19-6-2-7-20-38)58-55(57-53)39-28-31-41(32-29-39)60-49-33-30-36-16-10-11-23-42(36)52(49)47-34-46-44-25-13-12-24-43(44)45-26-14-15-27-48(45)59(50(46)35-51(47)60)40-21-8-3-9-22-40/h1-35,53-58H. The summed E-state index contributed by atoms with van der Waals surface area (Å²) in [4.78, 5) is 2.45. The molecule has 2 atom stereocenters. The zero-order valence-corrected chi connectivity index (χ0v) is 32.8. The average Bonchev–Trinajstić information content (AvgIpc) is 3.60. The van der Waals surface area contributed by atoms with Crippen LogP contribution in [0, 0.1) is 0 Å². The first-order valence-electron chi connectivity index (χ1n) is 20.8. The molecule has 286 valence electrons. The van der Waals surface area contributed by atoms with Gasteiger partial charge in [0.05, 0.1) is 40.9 Å². The van der Waals surface area contributed by atoms with Gasteiger partial charge in [0, 0.05) is 33.3 Å². The van der Waals surface area contributed by atoms with Crippen LogP contribution in [-0.2, 0) is 0 Å². The van der Waals surface area contributed by atoms with E-state index in [0.717, 1.165) is 28.3 Å². The molecule has 0 radical (unpaired) electrons. The lowest BCUT2D eigenvalue weighted by Crippen LogP contribution is -2.54. The molecule has 0 saturated carbocycles. The first-order chi connectivity index (χ1) is 29.8. The van der Waals surface area contributed by atoms with Gasteiger partial charge in [-0.15, -0.1) is 0 Å². The zero-order valence-electron chi connectivity index (χ0n) is 32.8. The van der Waals surface area contributed by atoms with Crippen molar-refractivity contribution < 1.29 is 0 Å². The molecule has 1 fully saturated rings. The second-order valence-corrected chi connectivity index (χ2v) is 15.8. The van der Waals surface area contributed by atoms with Crippen molar-refractivity contribution in [2.75, 3.05) is 4.90 Å². The van der Waals surface area contributed by atoms with Crippen molar-refractivity contribution in [1.29, 1.82) is 0 Å². The number of hydrogen-bond acceptors (Lipinski definition) is 4. The van der Waals surface area contributed by atoms with Crippen LogP contribution in [-0.4, -0.2) is 4.57 Å². The fraction of sp³-hybridized carbons (Fsp3) is 0.0545. The van der Waals surface area contributed by atoms with E-state index in [-0.39, 0.29) is 18.5 Å². The summed E-state index contributed by atoms with van der Waals surface area (Å²) in [5.41, 5.74) is 15.4. The predicted molar refractivity (Wildman–Crippen MR) is 248 cm³/mol. The molecule has 9 aromatic carbocycles. The summed E-state index contributed by atoms with van der Waals surface area (Å²) < 4.78 is 2.47. The van der Waals surface area contributed by atoms with Gasteiger partial charge in [-0.1, -0.05) is 164 Å². The van der Waals surface area contributed by atoms with Crippen LogP contribution >= 0.6 is 0 Å². The van der Waals surface area contributed by atoms with Crippen LogP contribution in [0.5, 0.6) is 0 Å². The molecule has 1 saturated heterocycles. The molecular formula is C55H41N5. The summed E-state index contributed by atoms with van der Waals surface area (Å²) in [5, 5.41) is 16.5. The van der Waals surface area contributed by atoms with Gasteiger partial charge in [0.1, 0.15) is 0 Å². The zero-order chi connectivity index (χ0) is 39.6. The summed E-state index contributed by atoms with van der Waals surface area (Å²) in [6, 6.07) is 77.2. The van der Waals surface area contributed by atoms with E-state index in [1.165, 1.54) is 66.0 Å². The molecule has 0 bridgehead atoms. The molecule has 2 aliphatic heterocycles. The normalized spacial score (nSPS) is 17.3.